The number of carbonyl (C=O) groups is 2. The number of aryl methyl sites for hydroxylation is 1. The summed E-state index contributed by atoms with van der Waals surface area (Å²) in [5.41, 5.74) is 5.19. The molecule has 0 saturated carbocycles. The fourth-order valence-corrected chi connectivity index (χ4v) is 2.66. The van der Waals surface area contributed by atoms with E-state index in [0.717, 1.165) is 0 Å². The molecule has 2 aromatic heterocycles. The lowest BCUT2D eigenvalue weighted by atomic mass is 10.3. The number of primary amides is 1. The number of nitrogens with zero attached hydrogens (tertiary/aromatic N) is 3. The van der Waals surface area contributed by atoms with Crippen LogP contribution in [0.5, 0.6) is 5.75 Å². The summed E-state index contributed by atoms with van der Waals surface area (Å²) in [7, 11) is 0. The van der Waals surface area contributed by atoms with Gasteiger partial charge in [-0.2, -0.15) is 5.10 Å². The molecule has 11 nitrogen and oxygen atoms in total. The Labute approximate surface area is 174 Å². The fraction of sp³-hybridized carbons (Fsp3) is 0.167. The minimum atomic E-state index is -0.778. The van der Waals surface area contributed by atoms with Gasteiger partial charge in [0.2, 0.25) is 0 Å². The van der Waals surface area contributed by atoms with Gasteiger partial charge >= 0.3 is 0 Å². The minimum Gasteiger partial charge on any atom is -0.484 e. The van der Waals surface area contributed by atoms with E-state index in [9.17, 15) is 19.7 Å². The molecule has 0 fully saturated rings. The number of non-ortho nitro benzene ring substituents is 1. The summed E-state index contributed by atoms with van der Waals surface area (Å²) >= 11 is 5.98. The number of benzene rings is 1. The van der Waals surface area contributed by atoms with Gasteiger partial charge in [0.25, 0.3) is 17.5 Å². The maximum absolute atomic E-state index is 12.4. The molecular formula is C18H16ClN5O6. The zero-order valence-corrected chi connectivity index (χ0v) is 16.4. The van der Waals surface area contributed by atoms with E-state index in [4.69, 9.17) is 26.5 Å². The van der Waals surface area contributed by atoms with Crippen molar-refractivity contribution in [2.45, 2.75) is 20.1 Å². The van der Waals surface area contributed by atoms with Gasteiger partial charge in [-0.15, -0.1) is 0 Å². The van der Waals surface area contributed by atoms with Crippen molar-refractivity contribution in [3.05, 3.63) is 68.9 Å². The molecule has 0 spiro atoms. The van der Waals surface area contributed by atoms with Crippen molar-refractivity contribution in [1.82, 2.24) is 9.78 Å². The van der Waals surface area contributed by atoms with Gasteiger partial charge in [0.1, 0.15) is 18.1 Å². The molecule has 3 rings (SSSR count). The molecule has 0 bridgehead atoms. The van der Waals surface area contributed by atoms with E-state index < -0.39 is 16.7 Å². The Kier molecular flexibility index (Phi) is 6.02. The Morgan fingerprint density at radius 1 is 1.37 bits per heavy atom. The van der Waals surface area contributed by atoms with Gasteiger partial charge < -0.3 is 20.2 Å². The zero-order valence-electron chi connectivity index (χ0n) is 15.6. The third-order valence-electron chi connectivity index (χ3n) is 3.95. The molecule has 0 aliphatic rings. The van der Waals surface area contributed by atoms with Gasteiger partial charge in [-0.25, -0.2) is 0 Å². The van der Waals surface area contributed by atoms with Crippen LogP contribution in [0.25, 0.3) is 0 Å². The number of aromatic nitrogens is 2. The van der Waals surface area contributed by atoms with Gasteiger partial charge in [0.05, 0.1) is 21.7 Å². The smallest absolute Gasteiger partial charge is 0.291 e. The third kappa shape index (κ3) is 4.58. The summed E-state index contributed by atoms with van der Waals surface area (Å²) in [6.07, 6.45) is 1.48. The molecule has 0 saturated heterocycles. The highest BCUT2D eigenvalue weighted by molar-refractivity contribution is 6.32. The number of rotatable bonds is 8. The highest BCUT2D eigenvalue weighted by atomic mass is 35.5. The Hall–Kier alpha value is -3.86. The number of nitro groups is 1. The average molecular weight is 434 g/mol. The molecule has 30 heavy (non-hydrogen) atoms. The van der Waals surface area contributed by atoms with E-state index >= 15 is 0 Å². The summed E-state index contributed by atoms with van der Waals surface area (Å²) in [5, 5.41) is 17.6. The van der Waals surface area contributed by atoms with Crippen molar-refractivity contribution in [2.24, 2.45) is 5.73 Å². The molecular weight excluding hydrogens is 418 g/mol. The number of nitrogens with one attached hydrogen (secondary N) is 1. The monoisotopic (exact) mass is 433 g/mol. The molecule has 0 atom stereocenters. The van der Waals surface area contributed by atoms with E-state index in [0.29, 0.717) is 6.54 Å². The molecule has 1 aromatic carbocycles. The second-order valence-corrected chi connectivity index (χ2v) is 6.40. The van der Waals surface area contributed by atoms with Crippen LogP contribution in [0.4, 0.5) is 11.4 Å². The van der Waals surface area contributed by atoms with Gasteiger partial charge in [0.15, 0.2) is 11.5 Å². The average Bonchev–Trinajstić information content (AvgIpc) is 3.34. The number of anilines is 1. The summed E-state index contributed by atoms with van der Waals surface area (Å²) in [6.45, 7) is 2.18. The number of carbonyl (C=O) groups excluding carboxylic acids is 2. The standard InChI is InChI=1S/C18H16ClN5O6/c1-2-23-8-13(16(22-23)17(20)25)21-18(26)14-6-4-11(30-14)9-29-15-7-10(24(27)28)3-5-12(15)19/h3-8H,2,9H2,1H3,(H2,20,25)(H,21,26). The normalized spacial score (nSPS) is 10.6. The quantitative estimate of drug-likeness (QED) is 0.408. The molecule has 0 aliphatic heterocycles. The number of hydrogen-bond donors (Lipinski definition) is 2. The van der Waals surface area contributed by atoms with Crippen LogP contribution in [0, 0.1) is 10.1 Å². The minimum absolute atomic E-state index is 0.0431. The SMILES string of the molecule is CCn1cc(NC(=O)c2ccc(COc3cc([N+](=O)[O-])ccc3Cl)o2)c(C(N)=O)n1. The maximum atomic E-state index is 12.4. The molecule has 156 valence electrons. The van der Waals surface area contributed by atoms with Crippen LogP contribution < -0.4 is 15.8 Å². The van der Waals surface area contributed by atoms with Gasteiger partial charge in [-0.05, 0) is 25.1 Å². The van der Waals surface area contributed by atoms with Crippen LogP contribution in [0.1, 0.15) is 33.7 Å². The second-order valence-electron chi connectivity index (χ2n) is 5.99. The first kappa shape index (κ1) is 20.9. The Morgan fingerprint density at radius 3 is 2.80 bits per heavy atom. The van der Waals surface area contributed by atoms with Crippen LogP contribution in [0.15, 0.2) is 40.9 Å². The number of nitro benzene ring substituents is 1. The number of amides is 2. The molecule has 3 aromatic rings. The zero-order chi connectivity index (χ0) is 21.8. The highest BCUT2D eigenvalue weighted by Gasteiger charge is 2.19. The first-order valence-electron chi connectivity index (χ1n) is 8.62. The fourth-order valence-electron chi connectivity index (χ4n) is 2.48. The van der Waals surface area contributed by atoms with Crippen LogP contribution in [0.2, 0.25) is 5.02 Å². The van der Waals surface area contributed by atoms with E-state index in [1.54, 1.807) is 0 Å². The first-order valence-corrected chi connectivity index (χ1v) is 9.00. The lowest BCUT2D eigenvalue weighted by Crippen LogP contribution is -2.17. The van der Waals surface area contributed by atoms with Crippen LogP contribution in [-0.2, 0) is 13.2 Å². The van der Waals surface area contributed by atoms with Crippen molar-refractivity contribution in [3.8, 4) is 5.75 Å². The molecule has 3 N–H and O–H groups in total. The predicted octanol–water partition coefficient (Wildman–Crippen LogP) is 2.99. The summed E-state index contributed by atoms with van der Waals surface area (Å²) in [4.78, 5) is 34.2. The van der Waals surface area contributed by atoms with Gasteiger partial charge in [-0.1, -0.05) is 11.6 Å². The van der Waals surface area contributed by atoms with E-state index in [2.05, 4.69) is 10.4 Å². The lowest BCUT2D eigenvalue weighted by Gasteiger charge is -2.06. The van der Waals surface area contributed by atoms with Crippen molar-refractivity contribution in [3.63, 3.8) is 0 Å². The summed E-state index contributed by atoms with van der Waals surface area (Å²) < 4.78 is 12.3. The van der Waals surface area contributed by atoms with E-state index in [1.165, 1.54) is 41.2 Å². The largest absolute Gasteiger partial charge is 0.484 e. The van der Waals surface area contributed by atoms with Crippen molar-refractivity contribution < 1.29 is 23.7 Å². The number of furan rings is 1. The molecule has 2 amide bonds. The predicted molar refractivity (Wildman–Crippen MR) is 106 cm³/mol. The Balaban J connectivity index is 1.69. The Bertz CT molecular complexity index is 1120. The van der Waals surface area contributed by atoms with Gasteiger partial charge in [0, 0.05) is 18.8 Å². The molecule has 2 heterocycles. The number of halogens is 1. The lowest BCUT2D eigenvalue weighted by molar-refractivity contribution is -0.384. The Morgan fingerprint density at radius 2 is 2.13 bits per heavy atom. The number of hydrogen-bond acceptors (Lipinski definition) is 7. The molecule has 12 heteroatoms. The first-order chi connectivity index (χ1) is 14.3. The van der Waals surface area contributed by atoms with Crippen LogP contribution in [0.3, 0.4) is 0 Å². The number of nitrogens with two attached hydrogens (primary N) is 1. The molecule has 0 unspecified atom stereocenters. The van der Waals surface area contributed by atoms with Gasteiger partial charge in [-0.3, -0.25) is 24.4 Å². The van der Waals surface area contributed by atoms with E-state index in [1.807, 2.05) is 6.92 Å². The molecule has 0 aliphatic carbocycles. The van der Waals surface area contributed by atoms with Crippen molar-refractivity contribution >= 4 is 34.8 Å². The maximum Gasteiger partial charge on any atom is 0.291 e. The van der Waals surface area contributed by atoms with E-state index in [-0.39, 0.29) is 46.0 Å². The molecule has 0 radical (unpaired) electrons. The van der Waals surface area contributed by atoms with Crippen LogP contribution >= 0.6 is 11.6 Å². The number of ether oxygens (including phenoxy) is 1. The van der Waals surface area contributed by atoms with Crippen molar-refractivity contribution in [1.29, 1.82) is 0 Å². The summed E-state index contributed by atoms with van der Waals surface area (Å²) in [5.74, 6) is -1.06. The topological polar surface area (TPSA) is 156 Å². The third-order valence-corrected chi connectivity index (χ3v) is 4.26. The second kappa shape index (κ2) is 8.66. The van der Waals surface area contributed by atoms with Crippen LogP contribution in [-0.4, -0.2) is 26.5 Å². The van der Waals surface area contributed by atoms with Crippen molar-refractivity contribution in [2.75, 3.05) is 5.32 Å². The highest BCUT2D eigenvalue weighted by Crippen LogP contribution is 2.29. The summed E-state index contributed by atoms with van der Waals surface area (Å²) in [6, 6.07) is 6.71.